The van der Waals surface area contributed by atoms with Gasteiger partial charge < -0.3 is 11.1 Å². The van der Waals surface area contributed by atoms with E-state index >= 15 is 0 Å². The Balaban J connectivity index is 0. The second-order valence-electron chi connectivity index (χ2n) is 2.60. The fourth-order valence-corrected chi connectivity index (χ4v) is 1.00. The predicted octanol–water partition coefficient (Wildman–Crippen LogP) is -2.12. The molecule has 0 fully saturated rings. The normalized spacial score (nSPS) is 10.2. The van der Waals surface area contributed by atoms with Crippen molar-refractivity contribution < 1.29 is 22.6 Å². The number of amides is 2. The third-order valence-electron chi connectivity index (χ3n) is 1.28. The van der Waals surface area contributed by atoms with Gasteiger partial charge in [0.1, 0.15) is 0 Å². The van der Waals surface area contributed by atoms with Crippen LogP contribution in [0.5, 0.6) is 0 Å². The molecule has 0 aromatic carbocycles. The largest absolute Gasteiger partial charge is 0.370 e. The van der Waals surface area contributed by atoms with Gasteiger partial charge in [0.15, 0.2) is 0 Å². The first-order valence-corrected chi connectivity index (χ1v) is 5.42. The third-order valence-corrected chi connectivity index (χ3v) is 2.00. The second kappa shape index (κ2) is 8.05. The molecule has 0 aliphatic carbocycles. The van der Waals surface area contributed by atoms with Gasteiger partial charge in [-0.15, -0.1) is 0 Å². The van der Waals surface area contributed by atoms with E-state index in [1.807, 2.05) is 0 Å². The van der Waals surface area contributed by atoms with Crippen LogP contribution in [0.15, 0.2) is 0 Å². The maximum atomic E-state index is 10.8. The summed E-state index contributed by atoms with van der Waals surface area (Å²) in [5, 5.41) is 2.21. The molecule has 0 unspecified atom stereocenters. The van der Waals surface area contributed by atoms with Crippen LogP contribution in [0.4, 0.5) is 0 Å². The molecule has 0 aliphatic rings. The maximum absolute atomic E-state index is 10.8. The van der Waals surface area contributed by atoms with E-state index in [0.717, 1.165) is 0 Å². The van der Waals surface area contributed by atoms with Gasteiger partial charge in [-0.2, -0.15) is 8.42 Å². The van der Waals surface area contributed by atoms with Gasteiger partial charge in [-0.25, -0.2) is 0 Å². The molecular formula is C6H12N2NaO5S. The summed E-state index contributed by atoms with van der Waals surface area (Å²) in [6.45, 7) is -0.184. The Labute approximate surface area is 110 Å². The molecule has 9 heteroatoms. The molecule has 0 rings (SSSR count). The number of rotatable bonds is 6. The first kappa shape index (κ1) is 17.3. The molecule has 83 valence electrons. The van der Waals surface area contributed by atoms with Crippen LogP contribution in [0.25, 0.3) is 0 Å². The number of hydrogen-bond donors (Lipinski definition) is 3. The van der Waals surface area contributed by atoms with Crippen molar-refractivity contribution in [1.29, 1.82) is 0 Å². The van der Waals surface area contributed by atoms with Crippen molar-refractivity contribution in [3.63, 3.8) is 0 Å². The van der Waals surface area contributed by atoms with Crippen LogP contribution in [0.3, 0.4) is 0 Å². The van der Waals surface area contributed by atoms with Crippen molar-refractivity contribution >= 4 is 51.5 Å². The number of primary amides is 1. The summed E-state index contributed by atoms with van der Waals surface area (Å²) in [7, 11) is -4.06. The van der Waals surface area contributed by atoms with Crippen molar-refractivity contribution in [3.8, 4) is 0 Å². The van der Waals surface area contributed by atoms with Crippen molar-refractivity contribution in [3.05, 3.63) is 0 Å². The molecule has 1 radical (unpaired) electrons. The molecular weight excluding hydrogens is 235 g/mol. The summed E-state index contributed by atoms with van der Waals surface area (Å²) in [6.07, 6.45) is -0.168. The third kappa shape index (κ3) is 13.9. The zero-order valence-electron chi connectivity index (χ0n) is 8.39. The molecule has 0 aromatic heterocycles. The monoisotopic (exact) mass is 247 g/mol. The fraction of sp³-hybridized carbons (Fsp3) is 0.667. The van der Waals surface area contributed by atoms with Crippen LogP contribution < -0.4 is 11.1 Å². The van der Waals surface area contributed by atoms with Crippen molar-refractivity contribution in [1.82, 2.24) is 5.32 Å². The number of nitrogens with two attached hydrogens (primary N) is 1. The topological polar surface area (TPSA) is 127 Å². The minimum absolute atomic E-state index is 0. The first-order valence-electron chi connectivity index (χ1n) is 3.81. The molecule has 4 N–H and O–H groups in total. The Hall–Kier alpha value is -0.150. The van der Waals surface area contributed by atoms with Crippen LogP contribution >= 0.6 is 0 Å². The summed E-state index contributed by atoms with van der Waals surface area (Å²) < 4.78 is 28.7. The minimum atomic E-state index is -4.06. The Kier molecular flexibility index (Phi) is 9.26. The van der Waals surface area contributed by atoms with Crippen LogP contribution in [0, 0.1) is 0 Å². The van der Waals surface area contributed by atoms with Gasteiger partial charge in [0.2, 0.25) is 11.8 Å². The van der Waals surface area contributed by atoms with Gasteiger partial charge in [0, 0.05) is 48.9 Å². The SMILES string of the molecule is NC(=O)CCC(=O)NCCS(=O)(=O)O.[Na]. The smallest absolute Gasteiger partial charge is 0.266 e. The number of hydrogen-bond acceptors (Lipinski definition) is 4. The van der Waals surface area contributed by atoms with E-state index in [0.29, 0.717) is 0 Å². The summed E-state index contributed by atoms with van der Waals surface area (Å²) in [5.74, 6) is -1.63. The Morgan fingerprint density at radius 3 is 2.20 bits per heavy atom. The van der Waals surface area contributed by atoms with Crippen molar-refractivity contribution in [2.75, 3.05) is 12.3 Å². The molecule has 0 bridgehead atoms. The molecule has 0 saturated carbocycles. The summed E-state index contributed by atoms with van der Waals surface area (Å²) >= 11 is 0. The molecule has 0 saturated heterocycles. The number of carbonyl (C=O) groups excluding carboxylic acids is 2. The van der Waals surface area contributed by atoms with Gasteiger partial charge in [-0.1, -0.05) is 0 Å². The second-order valence-corrected chi connectivity index (χ2v) is 4.17. The van der Waals surface area contributed by atoms with Gasteiger partial charge in [0.25, 0.3) is 10.1 Å². The summed E-state index contributed by atoms with van der Waals surface area (Å²) in [5.41, 5.74) is 4.78. The maximum Gasteiger partial charge on any atom is 0.266 e. The van der Waals surface area contributed by atoms with E-state index < -0.39 is 27.7 Å². The number of nitrogens with one attached hydrogen (secondary N) is 1. The summed E-state index contributed by atoms with van der Waals surface area (Å²) in [6, 6.07) is 0. The van der Waals surface area contributed by atoms with E-state index in [-0.39, 0.29) is 48.9 Å². The Bertz CT molecular complexity index is 315. The van der Waals surface area contributed by atoms with E-state index in [4.69, 9.17) is 10.3 Å². The van der Waals surface area contributed by atoms with Gasteiger partial charge in [-0.3, -0.25) is 14.1 Å². The van der Waals surface area contributed by atoms with E-state index in [9.17, 15) is 18.0 Å². The van der Waals surface area contributed by atoms with Crippen molar-refractivity contribution in [2.45, 2.75) is 12.8 Å². The Morgan fingerprint density at radius 1 is 1.27 bits per heavy atom. The quantitative estimate of drug-likeness (QED) is 0.365. The van der Waals surface area contributed by atoms with Crippen LogP contribution in [0.1, 0.15) is 12.8 Å². The van der Waals surface area contributed by atoms with Crippen molar-refractivity contribution in [2.24, 2.45) is 5.73 Å². The van der Waals surface area contributed by atoms with Gasteiger partial charge in [0.05, 0.1) is 5.75 Å². The molecule has 0 aromatic rings. The van der Waals surface area contributed by atoms with E-state index in [1.165, 1.54) is 0 Å². The van der Waals surface area contributed by atoms with Gasteiger partial charge in [-0.05, 0) is 0 Å². The Morgan fingerprint density at radius 2 is 1.80 bits per heavy atom. The standard InChI is InChI=1S/C6H12N2O5S.Na/c7-5(9)1-2-6(10)8-3-4-14(11,12)13;/h1-4H2,(H2,7,9)(H,8,10)(H,11,12,13);. The fourth-order valence-electron chi connectivity index (χ4n) is 0.645. The average molecular weight is 247 g/mol. The molecule has 0 aliphatic heterocycles. The summed E-state index contributed by atoms with van der Waals surface area (Å²) in [4.78, 5) is 21.1. The van der Waals surface area contributed by atoms with Crippen LogP contribution in [0.2, 0.25) is 0 Å². The molecule has 15 heavy (non-hydrogen) atoms. The molecule has 0 heterocycles. The van der Waals surface area contributed by atoms with Crippen LogP contribution in [-0.2, 0) is 19.7 Å². The predicted molar refractivity (Wildman–Crippen MR) is 53.6 cm³/mol. The molecule has 2 amide bonds. The number of carbonyl (C=O) groups is 2. The van der Waals surface area contributed by atoms with Gasteiger partial charge >= 0.3 is 0 Å². The zero-order chi connectivity index (χ0) is 11.2. The van der Waals surface area contributed by atoms with E-state index in [1.54, 1.807) is 0 Å². The average Bonchev–Trinajstić information content (AvgIpc) is 1.98. The molecule has 7 nitrogen and oxygen atoms in total. The zero-order valence-corrected chi connectivity index (χ0v) is 11.2. The molecule has 0 atom stereocenters. The first-order chi connectivity index (χ1) is 6.31. The molecule has 0 spiro atoms. The van der Waals surface area contributed by atoms with Crippen LogP contribution in [-0.4, -0.2) is 66.6 Å². The van der Waals surface area contributed by atoms with E-state index in [2.05, 4.69) is 5.32 Å². The minimum Gasteiger partial charge on any atom is -0.370 e.